The molecule has 0 N–H and O–H groups in total. The molecular formula is C100H71N3Si2. The van der Waals surface area contributed by atoms with Crippen LogP contribution >= 0.6 is 0 Å². The fourth-order valence-electron chi connectivity index (χ4n) is 16.1. The van der Waals surface area contributed by atoms with Crippen molar-refractivity contribution in [2.24, 2.45) is 0 Å². The Morgan fingerprint density at radius 1 is 0.171 bits per heavy atom. The molecule has 18 aromatic rings. The number of hydrogen-bond acceptors (Lipinski definition) is 2. The molecule has 0 bridgehead atoms. The third-order valence-electron chi connectivity index (χ3n) is 21.2. The van der Waals surface area contributed by atoms with Gasteiger partial charge in [-0.15, -0.1) is 0 Å². The van der Waals surface area contributed by atoms with Crippen LogP contribution in [0.3, 0.4) is 0 Å². The number of para-hydroxylation sites is 2. The Hall–Kier alpha value is -13.2. The topological polar surface area (TPSA) is 30.7 Å². The first kappa shape index (κ1) is 64.0. The maximum atomic E-state index is 6.01. The third kappa shape index (κ3) is 12.0. The summed E-state index contributed by atoms with van der Waals surface area (Å²) < 4.78 is 2.35. The molecule has 0 radical (unpaired) electrons. The Kier molecular flexibility index (Phi) is 17.1. The van der Waals surface area contributed by atoms with Gasteiger partial charge in [0.05, 0.1) is 16.7 Å². The lowest BCUT2D eigenvalue weighted by Gasteiger charge is -2.39. The smallest absolute Gasteiger partial charge is 0.179 e. The Balaban J connectivity index is 1.01. The second-order valence-electron chi connectivity index (χ2n) is 27.1. The fourth-order valence-corrected chi connectivity index (χ4v) is 25.7. The van der Waals surface area contributed by atoms with Gasteiger partial charge >= 0.3 is 0 Å². The van der Waals surface area contributed by atoms with Crippen LogP contribution in [0.25, 0.3) is 117 Å². The highest BCUT2D eigenvalue weighted by Crippen LogP contribution is 2.35. The van der Waals surface area contributed by atoms with Crippen molar-refractivity contribution in [3.8, 4) is 95.2 Å². The van der Waals surface area contributed by atoms with E-state index in [1.54, 1.807) is 0 Å². The van der Waals surface area contributed by atoms with Gasteiger partial charge in [0.1, 0.15) is 5.82 Å². The van der Waals surface area contributed by atoms with E-state index in [-0.39, 0.29) is 0 Å². The van der Waals surface area contributed by atoms with Gasteiger partial charge in [-0.2, -0.15) is 0 Å². The molecule has 16 aromatic carbocycles. The molecule has 0 amide bonds. The van der Waals surface area contributed by atoms with E-state index in [0.717, 1.165) is 77.8 Å². The first-order valence-corrected chi connectivity index (χ1v) is 40.1. The minimum Gasteiger partial charge on any atom is -0.294 e. The van der Waals surface area contributed by atoms with Crippen molar-refractivity contribution < 1.29 is 0 Å². The molecule has 3 nitrogen and oxygen atoms in total. The van der Waals surface area contributed by atoms with E-state index in [1.165, 1.54) is 74.9 Å². The van der Waals surface area contributed by atoms with Gasteiger partial charge in [-0.05, 0) is 120 Å². The minimum atomic E-state index is -3.66. The highest BCUT2D eigenvalue weighted by Gasteiger charge is 2.47. The van der Waals surface area contributed by atoms with Crippen molar-refractivity contribution >= 4 is 79.4 Å². The van der Waals surface area contributed by atoms with Crippen LogP contribution in [0.2, 0.25) is 0 Å². The second-order valence-corrected chi connectivity index (χ2v) is 34.7. The molecule has 18 rings (SSSR count). The number of rotatable bonds is 17. The normalized spacial score (nSPS) is 11.6. The first-order chi connectivity index (χ1) is 52.0. The molecule has 0 atom stereocenters. The van der Waals surface area contributed by atoms with E-state index in [1.807, 2.05) is 0 Å². The molecule has 5 heteroatoms. The van der Waals surface area contributed by atoms with Gasteiger partial charge in [0.2, 0.25) is 0 Å². The number of benzene rings is 16. The summed E-state index contributed by atoms with van der Waals surface area (Å²) in [4.78, 5) is 11.9. The first-order valence-electron chi connectivity index (χ1n) is 36.1. The number of aromatic nitrogens is 3. The Bertz CT molecular complexity index is 5310. The molecule has 0 fully saturated rings. The van der Waals surface area contributed by atoms with E-state index in [0.29, 0.717) is 5.82 Å². The number of hydrogen-bond donors (Lipinski definition) is 0. The zero-order chi connectivity index (χ0) is 69.9. The van der Waals surface area contributed by atoms with E-state index in [2.05, 4.69) is 435 Å². The quantitative estimate of drug-likeness (QED) is 0.0672. The molecule has 0 saturated heterocycles. The maximum absolute atomic E-state index is 6.01. The molecule has 0 unspecified atom stereocenters. The van der Waals surface area contributed by atoms with E-state index < -0.39 is 16.1 Å². The van der Waals surface area contributed by atoms with Crippen LogP contribution in [0.5, 0.6) is 0 Å². The van der Waals surface area contributed by atoms with Crippen molar-refractivity contribution in [3.05, 3.63) is 431 Å². The SMILES string of the molecule is c1ccc(-c2ccc([Si](c3ccc(-c4ccccc4)cc3)(c3ccc(-c4ccccc4)cc3)c3cc(-c4nc(-c5ccccc5)cc(-n5c6ccccc6c6ccccc65)n4)cc([Si](c4ccc(-c5ccccc5)cc4)(c4ccc(-c5ccccc5)cc4)c4ccc(-c5ccccc5)cc4)c3)cc2)cc1. The summed E-state index contributed by atoms with van der Waals surface area (Å²) in [6.45, 7) is 0. The van der Waals surface area contributed by atoms with Crippen molar-refractivity contribution in [1.29, 1.82) is 0 Å². The van der Waals surface area contributed by atoms with Crippen molar-refractivity contribution in [3.63, 3.8) is 0 Å². The van der Waals surface area contributed by atoms with Crippen molar-refractivity contribution in [2.75, 3.05) is 0 Å². The summed E-state index contributed by atoms with van der Waals surface area (Å²) in [5.74, 6) is 1.41. The molecule has 2 aromatic heterocycles. The van der Waals surface area contributed by atoms with Gasteiger partial charge in [0, 0.05) is 28.0 Å². The van der Waals surface area contributed by atoms with Gasteiger partial charge in [0.25, 0.3) is 0 Å². The molecule has 105 heavy (non-hydrogen) atoms. The zero-order valence-electron chi connectivity index (χ0n) is 57.8. The molecule has 0 aliphatic heterocycles. The van der Waals surface area contributed by atoms with Crippen molar-refractivity contribution in [1.82, 2.24) is 14.5 Å². The lowest BCUT2D eigenvalue weighted by molar-refractivity contribution is 1.05. The molecule has 494 valence electrons. The summed E-state index contributed by atoms with van der Waals surface area (Å²) in [5, 5.41) is 12.2. The van der Waals surface area contributed by atoms with Crippen LogP contribution in [-0.4, -0.2) is 30.7 Å². The standard InChI is InChI=1S/C100H71N3Si2/c1-8-26-72(27-9-1)78-44-56-86(57-45-78)104(87-58-46-79(47-59-87)73-28-10-2-11-29-73,88-60-48-80(49-61-88)74-30-12-3-13-31-74)92-68-85(100-101-96(84-38-20-7-21-39-84)71-99(102-100)103-97-42-24-22-40-94(97)95-41-23-25-43-98(95)103)69-93(70-92)105(89-62-50-81(51-63-89)75-32-14-4-15-33-75,90-64-52-82(53-65-90)76-34-16-5-17-35-76)91-66-54-83(55-67-91)77-36-18-6-19-37-77/h1-71H. The van der Waals surface area contributed by atoms with E-state index in [9.17, 15) is 0 Å². The second kappa shape index (κ2) is 28.0. The molecule has 0 saturated carbocycles. The summed E-state index contributed by atoms with van der Waals surface area (Å²) in [7, 11) is -7.33. The molecule has 0 aliphatic carbocycles. The molecule has 2 heterocycles. The van der Waals surface area contributed by atoms with E-state index in [4.69, 9.17) is 9.97 Å². The van der Waals surface area contributed by atoms with Gasteiger partial charge in [0.15, 0.2) is 22.0 Å². The van der Waals surface area contributed by atoms with E-state index >= 15 is 0 Å². The monoisotopic (exact) mass is 1370 g/mol. The van der Waals surface area contributed by atoms with Gasteiger partial charge < -0.3 is 0 Å². The number of fused-ring (bicyclic) bond motifs is 3. The van der Waals surface area contributed by atoms with Crippen molar-refractivity contribution in [2.45, 2.75) is 0 Å². The predicted octanol–water partition coefficient (Wildman–Crippen LogP) is 19.7. The Morgan fingerprint density at radius 3 is 0.667 bits per heavy atom. The molecule has 0 spiro atoms. The highest BCUT2D eigenvalue weighted by molar-refractivity contribution is 7.22. The van der Waals surface area contributed by atoms with Crippen LogP contribution in [0.15, 0.2) is 431 Å². The predicted molar refractivity (Wildman–Crippen MR) is 447 cm³/mol. The van der Waals surface area contributed by atoms with Crippen LogP contribution in [0.4, 0.5) is 0 Å². The largest absolute Gasteiger partial charge is 0.294 e. The van der Waals surface area contributed by atoms with Crippen LogP contribution in [-0.2, 0) is 0 Å². The lowest BCUT2D eigenvalue weighted by atomic mass is 10.1. The Labute approximate surface area is 615 Å². The lowest BCUT2D eigenvalue weighted by Crippen LogP contribution is -2.78. The van der Waals surface area contributed by atoms with Crippen LogP contribution in [0, 0.1) is 0 Å². The average molecular weight is 1370 g/mol. The highest BCUT2D eigenvalue weighted by atomic mass is 28.3. The third-order valence-corrected chi connectivity index (χ3v) is 30.7. The van der Waals surface area contributed by atoms with Crippen LogP contribution in [0.1, 0.15) is 0 Å². The van der Waals surface area contributed by atoms with Crippen LogP contribution < -0.4 is 41.5 Å². The average Bonchev–Trinajstić information content (AvgIpc) is 1.25. The Morgan fingerprint density at radius 2 is 0.400 bits per heavy atom. The zero-order valence-corrected chi connectivity index (χ0v) is 59.8. The molecular weight excluding hydrogens is 1300 g/mol. The van der Waals surface area contributed by atoms with Gasteiger partial charge in [-0.25, -0.2) is 9.97 Å². The number of nitrogens with zero attached hydrogens (tertiary/aromatic N) is 3. The molecule has 0 aliphatic rings. The summed E-state index contributed by atoms with van der Waals surface area (Å²) >= 11 is 0. The summed E-state index contributed by atoms with van der Waals surface area (Å²) in [6, 6.07) is 160. The summed E-state index contributed by atoms with van der Waals surface area (Å²) in [6.07, 6.45) is 0. The fraction of sp³-hybridized carbons (Fsp3) is 0. The maximum Gasteiger partial charge on any atom is 0.179 e. The minimum absolute atomic E-state index is 0.624. The van der Waals surface area contributed by atoms with Gasteiger partial charge in [-0.1, -0.05) is 413 Å². The van der Waals surface area contributed by atoms with Gasteiger partial charge in [-0.3, -0.25) is 4.57 Å². The summed E-state index contributed by atoms with van der Waals surface area (Å²) in [5.41, 5.74) is 18.8.